The van der Waals surface area contributed by atoms with Crippen molar-refractivity contribution in [2.24, 2.45) is 5.73 Å². The average Bonchev–Trinajstić information content (AvgIpc) is 2.35. The van der Waals surface area contributed by atoms with E-state index >= 15 is 0 Å². The van der Waals surface area contributed by atoms with E-state index in [1.54, 1.807) is 16.7 Å². The van der Waals surface area contributed by atoms with Gasteiger partial charge in [0.1, 0.15) is 0 Å². The van der Waals surface area contributed by atoms with Crippen molar-refractivity contribution in [2.45, 2.75) is 37.8 Å². The molecule has 0 aliphatic rings. The minimum atomic E-state index is 0.0274. The summed E-state index contributed by atoms with van der Waals surface area (Å²) in [7, 11) is 1.84. The highest BCUT2D eigenvalue weighted by Gasteiger charge is 2.12. The molecule has 100 valence electrons. The highest BCUT2D eigenvalue weighted by Crippen LogP contribution is 2.22. The molecular weight excluding hydrogens is 244 g/mol. The number of nitrogens with two attached hydrogens (primary N) is 1. The van der Waals surface area contributed by atoms with E-state index in [-0.39, 0.29) is 18.0 Å². The van der Waals surface area contributed by atoms with E-state index in [1.165, 1.54) is 0 Å². The van der Waals surface area contributed by atoms with E-state index in [4.69, 9.17) is 5.73 Å². The van der Waals surface area contributed by atoms with E-state index in [0.29, 0.717) is 5.75 Å². The first kappa shape index (κ1) is 15.1. The molecule has 1 amide bonds. The molecule has 0 aromatic heterocycles. The Hall–Kier alpha value is -1.00. The second kappa shape index (κ2) is 6.81. The maximum atomic E-state index is 11.9. The van der Waals surface area contributed by atoms with E-state index in [0.717, 1.165) is 10.5 Å². The smallest absolute Gasteiger partial charge is 0.232 e. The number of nitrogens with zero attached hydrogens (tertiary/aromatic N) is 1. The molecule has 0 aliphatic carbocycles. The highest BCUT2D eigenvalue weighted by molar-refractivity contribution is 8.00. The predicted octanol–water partition coefficient (Wildman–Crippen LogP) is 2.67. The minimum Gasteiger partial charge on any atom is -0.343 e. The van der Waals surface area contributed by atoms with Crippen LogP contribution < -0.4 is 5.73 Å². The van der Waals surface area contributed by atoms with Gasteiger partial charge in [0.2, 0.25) is 5.91 Å². The summed E-state index contributed by atoms with van der Waals surface area (Å²) in [6, 6.07) is 8.33. The van der Waals surface area contributed by atoms with Gasteiger partial charge in [-0.3, -0.25) is 4.79 Å². The fourth-order valence-corrected chi connectivity index (χ4v) is 2.31. The molecule has 0 spiro atoms. The van der Waals surface area contributed by atoms with Crippen LogP contribution in [-0.2, 0) is 4.79 Å². The Balaban J connectivity index is 2.58. The molecule has 0 saturated heterocycles. The lowest BCUT2D eigenvalue weighted by Crippen LogP contribution is -2.34. The summed E-state index contributed by atoms with van der Waals surface area (Å²) >= 11 is 1.56. The average molecular weight is 266 g/mol. The van der Waals surface area contributed by atoms with E-state index in [9.17, 15) is 4.79 Å². The van der Waals surface area contributed by atoms with Gasteiger partial charge in [0.05, 0.1) is 5.75 Å². The van der Waals surface area contributed by atoms with Crippen molar-refractivity contribution in [3.8, 4) is 0 Å². The van der Waals surface area contributed by atoms with E-state index < -0.39 is 0 Å². The van der Waals surface area contributed by atoms with Crippen LogP contribution in [0.5, 0.6) is 0 Å². The summed E-state index contributed by atoms with van der Waals surface area (Å²) in [5, 5.41) is 0. The molecule has 0 saturated carbocycles. The van der Waals surface area contributed by atoms with Crippen LogP contribution in [0.4, 0.5) is 0 Å². The van der Waals surface area contributed by atoms with Gasteiger partial charge in [-0.2, -0.15) is 0 Å². The monoisotopic (exact) mass is 266 g/mol. The summed E-state index contributed by atoms with van der Waals surface area (Å²) in [6.07, 6.45) is 0. The first-order valence-corrected chi connectivity index (χ1v) is 7.14. The lowest BCUT2D eigenvalue weighted by Gasteiger charge is -2.21. The van der Waals surface area contributed by atoms with Crippen molar-refractivity contribution in [1.82, 2.24) is 4.90 Å². The lowest BCUT2D eigenvalue weighted by atomic mass is 10.1. The quantitative estimate of drug-likeness (QED) is 0.833. The molecule has 1 atom stereocenters. The molecule has 18 heavy (non-hydrogen) atoms. The van der Waals surface area contributed by atoms with Gasteiger partial charge < -0.3 is 10.6 Å². The Labute approximate surface area is 114 Å². The Morgan fingerprint density at radius 3 is 2.61 bits per heavy atom. The third-order valence-electron chi connectivity index (χ3n) is 2.91. The number of carbonyl (C=O) groups is 1. The van der Waals surface area contributed by atoms with Crippen LogP contribution in [0.15, 0.2) is 29.2 Å². The maximum absolute atomic E-state index is 11.9. The molecule has 1 rings (SSSR count). The maximum Gasteiger partial charge on any atom is 0.232 e. The minimum absolute atomic E-state index is 0.0274. The standard InChI is InChI=1S/C14H22N2OS/c1-10(2)16(4)14(17)9-18-13-7-5-6-12(8-13)11(3)15/h5-8,10-11H,9,15H2,1-4H3. The Morgan fingerprint density at radius 1 is 1.39 bits per heavy atom. The lowest BCUT2D eigenvalue weighted by molar-refractivity contribution is -0.128. The second-order valence-electron chi connectivity index (χ2n) is 4.75. The van der Waals surface area contributed by atoms with Gasteiger partial charge in [-0.25, -0.2) is 0 Å². The molecule has 0 radical (unpaired) electrons. The third kappa shape index (κ3) is 4.35. The van der Waals surface area contributed by atoms with Crippen molar-refractivity contribution in [1.29, 1.82) is 0 Å². The molecular formula is C14H22N2OS. The first-order chi connectivity index (χ1) is 8.41. The first-order valence-electron chi connectivity index (χ1n) is 6.15. The van der Waals surface area contributed by atoms with Gasteiger partial charge in [0.25, 0.3) is 0 Å². The molecule has 1 aromatic rings. The normalized spacial score (nSPS) is 12.6. The van der Waals surface area contributed by atoms with Crippen molar-refractivity contribution in [2.75, 3.05) is 12.8 Å². The van der Waals surface area contributed by atoms with Crippen molar-refractivity contribution >= 4 is 17.7 Å². The van der Waals surface area contributed by atoms with E-state index in [2.05, 4.69) is 6.07 Å². The van der Waals surface area contributed by atoms with E-state index in [1.807, 2.05) is 46.0 Å². The number of carbonyl (C=O) groups excluding carboxylic acids is 1. The molecule has 4 heteroatoms. The molecule has 1 aromatic carbocycles. The van der Waals surface area contributed by atoms with Gasteiger partial charge in [0.15, 0.2) is 0 Å². The molecule has 3 nitrogen and oxygen atoms in total. The summed E-state index contributed by atoms with van der Waals surface area (Å²) in [4.78, 5) is 14.7. The second-order valence-corrected chi connectivity index (χ2v) is 5.80. The Morgan fingerprint density at radius 2 is 2.06 bits per heavy atom. The number of hydrogen-bond acceptors (Lipinski definition) is 3. The van der Waals surface area contributed by atoms with Crippen molar-refractivity contribution in [3.63, 3.8) is 0 Å². The Kier molecular flexibility index (Phi) is 5.69. The van der Waals surface area contributed by atoms with Crippen LogP contribution >= 0.6 is 11.8 Å². The number of hydrogen-bond donors (Lipinski definition) is 1. The number of thioether (sulfide) groups is 1. The predicted molar refractivity (Wildman–Crippen MR) is 77.7 cm³/mol. The third-order valence-corrected chi connectivity index (χ3v) is 3.89. The highest BCUT2D eigenvalue weighted by atomic mass is 32.2. The zero-order valence-electron chi connectivity index (χ0n) is 11.5. The van der Waals surface area contributed by atoms with Crippen LogP contribution in [-0.4, -0.2) is 29.6 Å². The van der Waals surface area contributed by atoms with Crippen LogP contribution in [0.2, 0.25) is 0 Å². The van der Waals surface area contributed by atoms with Crippen LogP contribution in [0.1, 0.15) is 32.4 Å². The zero-order valence-corrected chi connectivity index (χ0v) is 12.3. The summed E-state index contributed by atoms with van der Waals surface area (Å²) in [5.41, 5.74) is 6.94. The number of benzene rings is 1. The molecule has 2 N–H and O–H groups in total. The fourth-order valence-electron chi connectivity index (χ4n) is 1.42. The molecule has 1 unspecified atom stereocenters. The van der Waals surface area contributed by atoms with Crippen molar-refractivity contribution < 1.29 is 4.79 Å². The molecule has 0 heterocycles. The van der Waals surface area contributed by atoms with Gasteiger partial charge >= 0.3 is 0 Å². The summed E-state index contributed by atoms with van der Waals surface area (Å²) in [6.45, 7) is 5.99. The van der Waals surface area contributed by atoms with Crippen LogP contribution in [0.3, 0.4) is 0 Å². The SMILES string of the molecule is CC(N)c1cccc(SCC(=O)N(C)C(C)C)c1. The topological polar surface area (TPSA) is 46.3 Å². The van der Waals surface area contributed by atoms with Crippen molar-refractivity contribution in [3.05, 3.63) is 29.8 Å². The molecule has 0 fully saturated rings. The summed E-state index contributed by atoms with van der Waals surface area (Å²) < 4.78 is 0. The molecule has 0 bridgehead atoms. The zero-order chi connectivity index (χ0) is 13.7. The Bertz CT molecular complexity index is 405. The fraction of sp³-hybridized carbons (Fsp3) is 0.500. The molecule has 0 aliphatic heterocycles. The van der Waals surface area contributed by atoms with Crippen LogP contribution in [0.25, 0.3) is 0 Å². The van der Waals surface area contributed by atoms with Crippen LogP contribution in [0, 0.1) is 0 Å². The van der Waals surface area contributed by atoms with Gasteiger partial charge in [-0.15, -0.1) is 11.8 Å². The number of rotatable bonds is 5. The number of amides is 1. The van der Waals surface area contributed by atoms with Gasteiger partial charge in [-0.1, -0.05) is 12.1 Å². The van der Waals surface area contributed by atoms with Gasteiger partial charge in [-0.05, 0) is 38.5 Å². The van der Waals surface area contributed by atoms with Gasteiger partial charge in [0, 0.05) is 24.0 Å². The largest absolute Gasteiger partial charge is 0.343 e. The summed E-state index contributed by atoms with van der Waals surface area (Å²) in [5.74, 6) is 0.623.